The van der Waals surface area contributed by atoms with Crippen molar-refractivity contribution in [3.8, 4) is 11.6 Å². The Morgan fingerprint density at radius 3 is 2.89 bits per heavy atom. The lowest BCUT2D eigenvalue weighted by atomic mass is 10.1. The number of benzene rings is 1. The van der Waals surface area contributed by atoms with Crippen molar-refractivity contribution in [1.29, 1.82) is 0 Å². The van der Waals surface area contributed by atoms with Crippen molar-refractivity contribution in [3.63, 3.8) is 0 Å². The third-order valence-electron chi connectivity index (χ3n) is 3.35. The largest absolute Gasteiger partial charge is 0.436 e. The lowest BCUT2D eigenvalue weighted by molar-refractivity contribution is 0.421. The molecule has 1 aromatic carbocycles. The predicted octanol–water partition coefficient (Wildman–Crippen LogP) is 2.96. The van der Waals surface area contributed by atoms with E-state index in [9.17, 15) is 4.39 Å². The van der Waals surface area contributed by atoms with E-state index >= 15 is 0 Å². The molecule has 98 valence electrons. The van der Waals surface area contributed by atoms with Gasteiger partial charge in [-0.2, -0.15) is 0 Å². The molecule has 0 fully saturated rings. The highest BCUT2D eigenvalue weighted by Gasteiger charge is 2.17. The molecule has 4 heteroatoms. The Balaban J connectivity index is 1.98. The molecule has 0 aliphatic heterocycles. The lowest BCUT2D eigenvalue weighted by Gasteiger charge is -2.11. The van der Waals surface area contributed by atoms with E-state index in [1.54, 1.807) is 18.2 Å². The Kier molecular flexibility index (Phi) is 3.17. The van der Waals surface area contributed by atoms with Gasteiger partial charge in [0.25, 0.3) is 0 Å². The Morgan fingerprint density at radius 2 is 2.11 bits per heavy atom. The van der Waals surface area contributed by atoms with Crippen LogP contribution in [0.2, 0.25) is 0 Å². The lowest BCUT2D eigenvalue weighted by Crippen LogP contribution is -2.04. The number of para-hydroxylation sites is 1. The quantitative estimate of drug-likeness (QED) is 0.920. The standard InChI is InChI=1S/C15H15FN2O/c16-12-5-1-2-7-14(12)19-15-11(9-17)8-10-4-3-6-13(10)18-15/h1-2,5,7-8H,3-4,6,9,17H2. The summed E-state index contributed by atoms with van der Waals surface area (Å²) >= 11 is 0. The molecular formula is C15H15FN2O. The Labute approximate surface area is 111 Å². The number of nitrogens with zero attached hydrogens (tertiary/aromatic N) is 1. The summed E-state index contributed by atoms with van der Waals surface area (Å²) in [5.41, 5.74) is 8.83. The summed E-state index contributed by atoms with van der Waals surface area (Å²) in [5, 5.41) is 0. The SMILES string of the molecule is NCc1cc2c(nc1Oc1ccccc1F)CCC2. The minimum Gasteiger partial charge on any atom is -0.436 e. The van der Waals surface area contributed by atoms with Crippen LogP contribution in [0.5, 0.6) is 11.6 Å². The molecule has 0 spiro atoms. The fraction of sp³-hybridized carbons (Fsp3) is 0.267. The van der Waals surface area contributed by atoms with Gasteiger partial charge < -0.3 is 10.5 Å². The summed E-state index contributed by atoms with van der Waals surface area (Å²) in [4.78, 5) is 4.49. The summed E-state index contributed by atoms with van der Waals surface area (Å²) in [5.74, 6) is 0.212. The molecule has 0 unspecified atom stereocenters. The second kappa shape index (κ2) is 4.97. The zero-order chi connectivity index (χ0) is 13.2. The van der Waals surface area contributed by atoms with Crippen LogP contribution in [-0.2, 0) is 19.4 Å². The van der Waals surface area contributed by atoms with Crippen LogP contribution in [0, 0.1) is 5.82 Å². The van der Waals surface area contributed by atoms with Gasteiger partial charge in [0.2, 0.25) is 5.88 Å². The molecule has 0 saturated carbocycles. The molecule has 2 N–H and O–H groups in total. The van der Waals surface area contributed by atoms with Gasteiger partial charge in [0.05, 0.1) is 0 Å². The zero-order valence-electron chi connectivity index (χ0n) is 10.5. The zero-order valence-corrected chi connectivity index (χ0v) is 10.5. The fourth-order valence-electron chi connectivity index (χ4n) is 2.37. The molecular weight excluding hydrogens is 243 g/mol. The maximum Gasteiger partial charge on any atom is 0.224 e. The highest BCUT2D eigenvalue weighted by Crippen LogP contribution is 2.30. The Bertz CT molecular complexity index is 613. The molecule has 1 aromatic heterocycles. The average Bonchev–Trinajstić information content (AvgIpc) is 2.87. The predicted molar refractivity (Wildman–Crippen MR) is 70.6 cm³/mol. The van der Waals surface area contributed by atoms with Crippen LogP contribution in [0.4, 0.5) is 4.39 Å². The third kappa shape index (κ3) is 2.31. The topological polar surface area (TPSA) is 48.1 Å². The monoisotopic (exact) mass is 258 g/mol. The summed E-state index contributed by atoms with van der Waals surface area (Å²) in [6.07, 6.45) is 3.10. The molecule has 2 aromatic rings. The fourth-order valence-corrected chi connectivity index (χ4v) is 2.37. The van der Waals surface area contributed by atoms with Crippen LogP contribution >= 0.6 is 0 Å². The van der Waals surface area contributed by atoms with Crippen molar-refractivity contribution in [2.24, 2.45) is 5.73 Å². The van der Waals surface area contributed by atoms with Crippen molar-refractivity contribution in [2.75, 3.05) is 0 Å². The van der Waals surface area contributed by atoms with Crippen LogP contribution in [-0.4, -0.2) is 4.98 Å². The first-order valence-electron chi connectivity index (χ1n) is 6.42. The minimum absolute atomic E-state index is 0.183. The van der Waals surface area contributed by atoms with Gasteiger partial charge in [-0.15, -0.1) is 0 Å². The van der Waals surface area contributed by atoms with Crippen molar-refractivity contribution in [1.82, 2.24) is 4.98 Å². The molecule has 0 radical (unpaired) electrons. The van der Waals surface area contributed by atoms with E-state index in [2.05, 4.69) is 4.98 Å². The Hall–Kier alpha value is -1.94. The van der Waals surface area contributed by atoms with Crippen LogP contribution in [0.3, 0.4) is 0 Å². The van der Waals surface area contributed by atoms with E-state index in [0.29, 0.717) is 12.4 Å². The number of pyridine rings is 1. The van der Waals surface area contributed by atoms with Crippen molar-refractivity contribution in [2.45, 2.75) is 25.8 Å². The molecule has 3 rings (SSSR count). The van der Waals surface area contributed by atoms with E-state index in [0.717, 1.165) is 30.5 Å². The second-order valence-corrected chi connectivity index (χ2v) is 4.65. The summed E-state index contributed by atoms with van der Waals surface area (Å²) in [6.45, 7) is 0.337. The summed E-state index contributed by atoms with van der Waals surface area (Å²) < 4.78 is 19.2. The van der Waals surface area contributed by atoms with Crippen molar-refractivity contribution < 1.29 is 9.13 Å². The minimum atomic E-state index is -0.396. The number of halogens is 1. The average molecular weight is 258 g/mol. The third-order valence-corrected chi connectivity index (χ3v) is 3.35. The van der Waals surface area contributed by atoms with E-state index in [-0.39, 0.29) is 5.75 Å². The second-order valence-electron chi connectivity index (χ2n) is 4.65. The number of hydrogen-bond donors (Lipinski definition) is 1. The van der Waals surface area contributed by atoms with Crippen LogP contribution in [0.25, 0.3) is 0 Å². The Morgan fingerprint density at radius 1 is 1.26 bits per heavy atom. The first-order valence-corrected chi connectivity index (χ1v) is 6.42. The van der Waals surface area contributed by atoms with E-state index < -0.39 is 5.82 Å². The number of ether oxygens (including phenoxy) is 1. The van der Waals surface area contributed by atoms with Crippen molar-refractivity contribution in [3.05, 3.63) is 53.0 Å². The van der Waals surface area contributed by atoms with Gasteiger partial charge in [0, 0.05) is 17.8 Å². The molecule has 19 heavy (non-hydrogen) atoms. The van der Waals surface area contributed by atoms with Crippen molar-refractivity contribution >= 4 is 0 Å². The molecule has 1 aliphatic rings. The maximum atomic E-state index is 13.6. The molecule has 0 saturated heterocycles. The number of rotatable bonds is 3. The van der Waals surface area contributed by atoms with Gasteiger partial charge in [-0.3, -0.25) is 0 Å². The van der Waals surface area contributed by atoms with Crippen LogP contribution < -0.4 is 10.5 Å². The molecule has 0 atom stereocenters. The van der Waals surface area contributed by atoms with Gasteiger partial charge in [0.15, 0.2) is 11.6 Å². The molecule has 1 heterocycles. The van der Waals surface area contributed by atoms with Gasteiger partial charge in [0.1, 0.15) is 0 Å². The molecule has 0 bridgehead atoms. The number of nitrogens with two attached hydrogens (primary N) is 1. The summed E-state index contributed by atoms with van der Waals surface area (Å²) in [6, 6.07) is 8.34. The van der Waals surface area contributed by atoms with E-state index in [1.165, 1.54) is 11.6 Å². The number of hydrogen-bond acceptors (Lipinski definition) is 3. The van der Waals surface area contributed by atoms with Gasteiger partial charge in [-0.25, -0.2) is 9.37 Å². The normalized spacial score (nSPS) is 13.4. The molecule has 1 aliphatic carbocycles. The summed E-state index contributed by atoms with van der Waals surface area (Å²) in [7, 11) is 0. The first kappa shape index (κ1) is 12.1. The highest BCUT2D eigenvalue weighted by atomic mass is 19.1. The van der Waals surface area contributed by atoms with Gasteiger partial charge in [-0.1, -0.05) is 12.1 Å². The van der Waals surface area contributed by atoms with Crippen LogP contribution in [0.1, 0.15) is 23.2 Å². The maximum absolute atomic E-state index is 13.6. The van der Waals surface area contributed by atoms with E-state index in [1.807, 2.05) is 6.07 Å². The molecule has 3 nitrogen and oxygen atoms in total. The van der Waals surface area contributed by atoms with Crippen LogP contribution in [0.15, 0.2) is 30.3 Å². The van der Waals surface area contributed by atoms with Gasteiger partial charge in [-0.05, 0) is 43.0 Å². The first-order chi connectivity index (χ1) is 9.28. The number of fused-ring (bicyclic) bond motifs is 1. The smallest absolute Gasteiger partial charge is 0.224 e. The molecule has 0 amide bonds. The number of aromatic nitrogens is 1. The van der Waals surface area contributed by atoms with E-state index in [4.69, 9.17) is 10.5 Å². The number of aryl methyl sites for hydroxylation is 2. The highest BCUT2D eigenvalue weighted by molar-refractivity contribution is 5.39. The van der Waals surface area contributed by atoms with Gasteiger partial charge >= 0.3 is 0 Å².